The first-order chi connectivity index (χ1) is 6.86. The minimum Gasteiger partial charge on any atom is -0.307 e. The molecule has 0 saturated heterocycles. The van der Waals surface area contributed by atoms with Crippen molar-refractivity contribution in [3.05, 3.63) is 35.4 Å². The van der Waals surface area contributed by atoms with E-state index in [2.05, 4.69) is 40.2 Å². The summed E-state index contributed by atoms with van der Waals surface area (Å²) in [5.74, 6) is 0. The van der Waals surface area contributed by atoms with Gasteiger partial charge in [-0.1, -0.05) is 54.0 Å². The van der Waals surface area contributed by atoms with Crippen molar-refractivity contribution in [2.24, 2.45) is 0 Å². The number of rotatable bonds is 0. The molecule has 0 atom stereocenters. The maximum absolute atomic E-state index is 8.00. The molecule has 2 rings (SSSR count). The number of carbonyl (C=O) groups is 1. The van der Waals surface area contributed by atoms with Gasteiger partial charge in [0.25, 0.3) is 0 Å². The van der Waals surface area contributed by atoms with Gasteiger partial charge in [0, 0.05) is 4.83 Å². The van der Waals surface area contributed by atoms with Crippen LogP contribution in [0.25, 0.3) is 0 Å². The summed E-state index contributed by atoms with van der Waals surface area (Å²) in [5.41, 5.74) is 3.04. The van der Waals surface area contributed by atoms with Crippen LogP contribution in [-0.4, -0.2) is 11.6 Å². The van der Waals surface area contributed by atoms with E-state index in [4.69, 9.17) is 4.79 Å². The monoisotopic (exact) mass is 256 g/mol. The fourth-order valence-electron chi connectivity index (χ4n) is 1.51. The molecule has 0 heterocycles. The Kier molecular flexibility index (Phi) is 7.40. The maximum atomic E-state index is 8.00. The second-order valence-electron chi connectivity index (χ2n) is 2.77. The van der Waals surface area contributed by atoms with Gasteiger partial charge in [0.05, 0.1) is 0 Å². The minimum absolute atomic E-state index is 0.685. The first-order valence-electron chi connectivity index (χ1n) is 4.86. The van der Waals surface area contributed by atoms with Gasteiger partial charge >= 0.3 is 0 Å². The minimum atomic E-state index is 0.685. The molecular weight excluding hydrogens is 240 g/mol. The molecule has 1 aromatic carbocycles. The standard InChI is InChI=1S/C9H9Br.C2H6.CH2O/c10-9-5-7-3-1-2-4-8(7)6-9;2*1-2/h1-4,9H,5-6H2;1-2H3;1H2. The zero-order chi connectivity index (χ0) is 11.0. The number of halogens is 1. The Hall–Kier alpha value is -0.630. The first kappa shape index (κ1) is 13.4. The highest BCUT2D eigenvalue weighted by Gasteiger charge is 2.17. The lowest BCUT2D eigenvalue weighted by molar-refractivity contribution is -0.0979. The molecule has 0 bridgehead atoms. The molecule has 78 valence electrons. The quantitative estimate of drug-likeness (QED) is 0.651. The highest BCUT2D eigenvalue weighted by atomic mass is 79.9. The van der Waals surface area contributed by atoms with Crippen molar-refractivity contribution >= 4 is 22.7 Å². The summed E-state index contributed by atoms with van der Waals surface area (Å²) in [4.78, 5) is 8.69. The molecule has 0 spiro atoms. The number of benzene rings is 1. The number of hydrogen-bond acceptors (Lipinski definition) is 1. The van der Waals surface area contributed by atoms with E-state index in [0.29, 0.717) is 4.83 Å². The molecule has 0 fully saturated rings. The molecule has 0 aliphatic heterocycles. The van der Waals surface area contributed by atoms with Gasteiger partial charge in [-0.2, -0.15) is 0 Å². The van der Waals surface area contributed by atoms with Gasteiger partial charge in [-0.25, -0.2) is 0 Å². The van der Waals surface area contributed by atoms with E-state index in [-0.39, 0.29) is 0 Å². The van der Waals surface area contributed by atoms with Crippen molar-refractivity contribution in [2.75, 3.05) is 0 Å². The molecule has 1 nitrogen and oxygen atoms in total. The Balaban J connectivity index is 0.000000379. The molecule has 0 amide bonds. The third-order valence-electron chi connectivity index (χ3n) is 2.00. The third-order valence-corrected chi connectivity index (χ3v) is 2.65. The smallest absolute Gasteiger partial charge is 0.106 e. The van der Waals surface area contributed by atoms with Gasteiger partial charge in [0.15, 0.2) is 0 Å². The summed E-state index contributed by atoms with van der Waals surface area (Å²) in [5, 5.41) is 0. The second kappa shape index (κ2) is 7.74. The van der Waals surface area contributed by atoms with Crippen LogP contribution in [0.1, 0.15) is 25.0 Å². The zero-order valence-corrected chi connectivity index (χ0v) is 10.4. The average Bonchev–Trinajstić information content (AvgIpc) is 2.64. The summed E-state index contributed by atoms with van der Waals surface area (Å²) in [6, 6.07) is 8.67. The molecule has 1 aliphatic rings. The number of alkyl halides is 1. The molecule has 1 aromatic rings. The summed E-state index contributed by atoms with van der Waals surface area (Å²) in [6.45, 7) is 6.00. The van der Waals surface area contributed by atoms with Crippen molar-refractivity contribution in [3.8, 4) is 0 Å². The molecule has 0 radical (unpaired) electrons. The normalized spacial score (nSPS) is 13.1. The lowest BCUT2D eigenvalue weighted by Crippen LogP contribution is -1.92. The van der Waals surface area contributed by atoms with Crippen molar-refractivity contribution in [2.45, 2.75) is 31.5 Å². The SMILES string of the molecule is BrC1Cc2ccccc2C1.C=O.CC. The van der Waals surface area contributed by atoms with Crippen LogP contribution >= 0.6 is 15.9 Å². The summed E-state index contributed by atoms with van der Waals surface area (Å²) in [7, 11) is 0. The van der Waals surface area contributed by atoms with Crippen LogP contribution in [0.4, 0.5) is 0 Å². The third kappa shape index (κ3) is 3.62. The van der Waals surface area contributed by atoms with Gasteiger partial charge in [-0.3, -0.25) is 0 Å². The molecule has 0 unspecified atom stereocenters. The van der Waals surface area contributed by atoms with E-state index in [9.17, 15) is 0 Å². The van der Waals surface area contributed by atoms with Crippen LogP contribution < -0.4 is 0 Å². The molecule has 0 saturated carbocycles. The predicted molar refractivity (Wildman–Crippen MR) is 65.0 cm³/mol. The lowest BCUT2D eigenvalue weighted by Gasteiger charge is -1.92. The molecule has 2 heteroatoms. The highest BCUT2D eigenvalue weighted by Crippen LogP contribution is 2.25. The molecular formula is C12H17BrO. The Morgan fingerprint density at radius 2 is 1.50 bits per heavy atom. The van der Waals surface area contributed by atoms with Crippen molar-refractivity contribution < 1.29 is 4.79 Å². The fraction of sp³-hybridized carbons (Fsp3) is 0.417. The highest BCUT2D eigenvalue weighted by molar-refractivity contribution is 9.09. The van der Waals surface area contributed by atoms with Crippen LogP contribution in [0.3, 0.4) is 0 Å². The number of hydrogen-bond donors (Lipinski definition) is 0. The molecule has 14 heavy (non-hydrogen) atoms. The van der Waals surface area contributed by atoms with Gasteiger partial charge in [0.2, 0.25) is 0 Å². The topological polar surface area (TPSA) is 17.1 Å². The molecule has 1 aliphatic carbocycles. The summed E-state index contributed by atoms with van der Waals surface area (Å²) in [6.07, 6.45) is 2.41. The Morgan fingerprint density at radius 3 is 1.86 bits per heavy atom. The maximum Gasteiger partial charge on any atom is 0.106 e. The Morgan fingerprint density at radius 1 is 1.14 bits per heavy atom. The number of carbonyl (C=O) groups excluding carboxylic acids is 1. The van der Waals surface area contributed by atoms with E-state index >= 15 is 0 Å². The van der Waals surface area contributed by atoms with E-state index < -0.39 is 0 Å². The van der Waals surface area contributed by atoms with E-state index in [1.54, 1.807) is 0 Å². The van der Waals surface area contributed by atoms with Crippen molar-refractivity contribution in [3.63, 3.8) is 0 Å². The van der Waals surface area contributed by atoms with Crippen LogP contribution in [0.15, 0.2) is 24.3 Å². The van der Waals surface area contributed by atoms with Crippen LogP contribution in [0.5, 0.6) is 0 Å². The van der Waals surface area contributed by atoms with Gasteiger partial charge in [0.1, 0.15) is 6.79 Å². The molecule has 0 aromatic heterocycles. The largest absolute Gasteiger partial charge is 0.307 e. The van der Waals surface area contributed by atoms with Crippen molar-refractivity contribution in [1.82, 2.24) is 0 Å². The Bertz CT molecular complexity index is 235. The summed E-state index contributed by atoms with van der Waals surface area (Å²) < 4.78 is 0. The number of fused-ring (bicyclic) bond motifs is 1. The van der Waals surface area contributed by atoms with E-state index in [0.717, 1.165) is 0 Å². The zero-order valence-electron chi connectivity index (χ0n) is 8.79. The average molecular weight is 257 g/mol. The van der Waals surface area contributed by atoms with E-state index in [1.165, 1.54) is 24.0 Å². The Labute approximate surface area is 94.7 Å². The van der Waals surface area contributed by atoms with Crippen LogP contribution in [0.2, 0.25) is 0 Å². The predicted octanol–water partition coefficient (Wildman–Crippen LogP) is 3.39. The lowest BCUT2D eigenvalue weighted by atomic mass is 10.1. The van der Waals surface area contributed by atoms with Crippen molar-refractivity contribution in [1.29, 1.82) is 0 Å². The van der Waals surface area contributed by atoms with Crippen LogP contribution in [0, 0.1) is 0 Å². The van der Waals surface area contributed by atoms with Gasteiger partial charge in [-0.05, 0) is 24.0 Å². The van der Waals surface area contributed by atoms with Crippen LogP contribution in [-0.2, 0) is 17.6 Å². The summed E-state index contributed by atoms with van der Waals surface area (Å²) >= 11 is 3.62. The van der Waals surface area contributed by atoms with Gasteiger partial charge < -0.3 is 4.79 Å². The molecule has 0 N–H and O–H groups in total. The van der Waals surface area contributed by atoms with E-state index in [1.807, 2.05) is 20.6 Å². The fourth-order valence-corrected chi connectivity index (χ4v) is 2.20. The van der Waals surface area contributed by atoms with Gasteiger partial charge in [-0.15, -0.1) is 0 Å². The first-order valence-corrected chi connectivity index (χ1v) is 5.77. The second-order valence-corrected chi connectivity index (χ2v) is 4.07.